The van der Waals surface area contributed by atoms with Crippen LogP contribution in [0, 0.1) is 0 Å². The Kier molecular flexibility index (Phi) is 4.37. The third kappa shape index (κ3) is 3.00. The summed E-state index contributed by atoms with van der Waals surface area (Å²) >= 11 is 0. The lowest BCUT2D eigenvalue weighted by Crippen LogP contribution is -2.31. The van der Waals surface area contributed by atoms with E-state index >= 15 is 0 Å². The lowest BCUT2D eigenvalue weighted by molar-refractivity contribution is 0.0943. The molecule has 0 aliphatic carbocycles. The van der Waals surface area contributed by atoms with Crippen LogP contribution in [0.1, 0.15) is 24.2 Å². The number of benzene rings is 1. The first-order valence-electron chi connectivity index (χ1n) is 5.17. The molecule has 0 unspecified atom stereocenters. The topological polar surface area (TPSA) is 58.6 Å². The minimum absolute atomic E-state index is 0.0900. The number of amides is 1. The lowest BCUT2D eigenvalue weighted by Gasteiger charge is -2.10. The summed E-state index contributed by atoms with van der Waals surface area (Å²) in [6.07, 6.45) is 0. The maximum Gasteiger partial charge on any atom is 0.308 e. The Balaban J connectivity index is 2.94. The van der Waals surface area contributed by atoms with Crippen LogP contribution in [0.2, 0.25) is 0 Å². The van der Waals surface area contributed by atoms with Gasteiger partial charge in [-0.25, -0.2) is 0 Å². The van der Waals surface area contributed by atoms with Crippen LogP contribution in [0.3, 0.4) is 0 Å². The Bertz CT molecular complexity index is 379. The Morgan fingerprint density at radius 1 is 1.50 bits per heavy atom. The monoisotopic (exact) mass is 221 g/mol. The maximum absolute atomic E-state index is 11.7. The van der Waals surface area contributed by atoms with Gasteiger partial charge in [0.2, 0.25) is 0 Å². The third-order valence-electron chi connectivity index (χ3n) is 2.13. The molecular weight excluding hydrogens is 205 g/mol. The van der Waals surface area contributed by atoms with E-state index in [0.29, 0.717) is 16.8 Å². The van der Waals surface area contributed by atoms with Crippen LogP contribution < -0.4 is 15.5 Å². The molecule has 1 rings (SSSR count). The van der Waals surface area contributed by atoms with Crippen molar-refractivity contribution in [1.82, 2.24) is 5.32 Å². The maximum atomic E-state index is 11.7. The standard InChI is InChI=1S/C11H16BNO3/c1-7(2)13-11(14)8-4-5-10(16-3)9(6-8)12-15/h4-7,12,15H,1-3H3,(H,13,14). The molecule has 0 aliphatic heterocycles. The predicted octanol–water partition coefficient (Wildman–Crippen LogP) is -0.197. The van der Waals surface area contributed by atoms with E-state index in [1.165, 1.54) is 7.11 Å². The summed E-state index contributed by atoms with van der Waals surface area (Å²) in [7, 11) is 1.38. The van der Waals surface area contributed by atoms with E-state index in [9.17, 15) is 4.79 Å². The summed E-state index contributed by atoms with van der Waals surface area (Å²) in [5.74, 6) is 0.441. The first-order chi connectivity index (χ1) is 7.58. The van der Waals surface area contributed by atoms with Crippen LogP contribution >= 0.6 is 0 Å². The van der Waals surface area contributed by atoms with E-state index in [-0.39, 0.29) is 19.4 Å². The summed E-state index contributed by atoms with van der Waals surface area (Å²) < 4.78 is 5.06. The van der Waals surface area contributed by atoms with E-state index in [0.717, 1.165) is 0 Å². The minimum Gasteiger partial charge on any atom is -0.497 e. The summed E-state index contributed by atoms with van der Waals surface area (Å²) in [5.41, 5.74) is 1.14. The highest BCUT2D eigenvalue weighted by Crippen LogP contribution is 2.08. The van der Waals surface area contributed by atoms with Crippen LogP contribution in [-0.2, 0) is 0 Å². The molecule has 1 aromatic carbocycles. The number of carbonyl (C=O) groups is 1. The largest absolute Gasteiger partial charge is 0.497 e. The van der Waals surface area contributed by atoms with Crippen molar-refractivity contribution in [3.63, 3.8) is 0 Å². The number of methoxy groups -OCH3 is 1. The molecule has 0 saturated carbocycles. The van der Waals surface area contributed by atoms with Crippen LogP contribution in [0.25, 0.3) is 0 Å². The molecule has 0 bridgehead atoms. The number of nitrogens with one attached hydrogen (secondary N) is 1. The zero-order valence-corrected chi connectivity index (χ0v) is 9.78. The second-order valence-electron chi connectivity index (χ2n) is 3.81. The lowest BCUT2D eigenvalue weighted by atomic mass is 9.86. The second kappa shape index (κ2) is 5.56. The zero-order valence-electron chi connectivity index (χ0n) is 9.78. The summed E-state index contributed by atoms with van der Waals surface area (Å²) in [6.45, 7) is 3.79. The van der Waals surface area contributed by atoms with Crippen LogP contribution in [0.5, 0.6) is 5.75 Å². The Hall–Kier alpha value is -1.49. The highest BCUT2D eigenvalue weighted by atomic mass is 16.5. The van der Waals surface area contributed by atoms with Crippen molar-refractivity contribution >= 4 is 18.9 Å². The predicted molar refractivity (Wildman–Crippen MR) is 64.6 cm³/mol. The third-order valence-corrected chi connectivity index (χ3v) is 2.13. The molecule has 5 heteroatoms. The zero-order chi connectivity index (χ0) is 12.1. The summed E-state index contributed by atoms with van der Waals surface area (Å²) in [6, 6.07) is 5.08. The SMILES string of the molecule is COc1ccc(C(=O)NC(C)C)cc1BO. The molecule has 0 heterocycles. The number of carbonyl (C=O) groups excluding carboxylic acids is 1. The Labute approximate surface area is 95.9 Å². The van der Waals surface area contributed by atoms with Crippen molar-refractivity contribution in [2.45, 2.75) is 19.9 Å². The molecule has 1 aromatic rings. The number of hydrogen-bond acceptors (Lipinski definition) is 3. The van der Waals surface area contributed by atoms with Crippen molar-refractivity contribution in [2.24, 2.45) is 0 Å². The first kappa shape index (κ1) is 12.6. The number of ether oxygens (including phenoxy) is 1. The number of rotatable bonds is 4. The fourth-order valence-electron chi connectivity index (χ4n) is 1.39. The molecule has 0 saturated heterocycles. The fourth-order valence-corrected chi connectivity index (χ4v) is 1.39. The Morgan fingerprint density at radius 3 is 2.69 bits per heavy atom. The first-order valence-corrected chi connectivity index (χ1v) is 5.17. The van der Waals surface area contributed by atoms with Crippen molar-refractivity contribution in [3.8, 4) is 5.75 Å². The molecule has 0 aliphatic rings. The molecular formula is C11H16BNO3. The number of hydrogen-bond donors (Lipinski definition) is 2. The van der Waals surface area contributed by atoms with E-state index in [4.69, 9.17) is 9.76 Å². The van der Waals surface area contributed by atoms with Crippen LogP contribution in [0.15, 0.2) is 18.2 Å². The van der Waals surface area contributed by atoms with Gasteiger partial charge in [0.05, 0.1) is 7.11 Å². The van der Waals surface area contributed by atoms with E-state index in [1.54, 1.807) is 18.2 Å². The highest BCUT2D eigenvalue weighted by Gasteiger charge is 2.10. The molecule has 0 atom stereocenters. The van der Waals surface area contributed by atoms with Gasteiger partial charge in [-0.05, 0) is 37.5 Å². The molecule has 86 valence electrons. The van der Waals surface area contributed by atoms with E-state index < -0.39 is 0 Å². The van der Waals surface area contributed by atoms with Gasteiger partial charge < -0.3 is 15.1 Å². The van der Waals surface area contributed by atoms with Gasteiger partial charge in [0.25, 0.3) is 5.91 Å². The molecule has 16 heavy (non-hydrogen) atoms. The van der Waals surface area contributed by atoms with Gasteiger partial charge in [-0.3, -0.25) is 4.79 Å². The molecule has 2 N–H and O–H groups in total. The molecule has 1 amide bonds. The average Bonchev–Trinajstić information content (AvgIpc) is 2.27. The smallest absolute Gasteiger partial charge is 0.308 e. The summed E-state index contributed by atoms with van der Waals surface area (Å²) in [5, 5.41) is 11.9. The molecule has 0 fully saturated rings. The van der Waals surface area contributed by atoms with Crippen LogP contribution in [0.4, 0.5) is 0 Å². The van der Waals surface area contributed by atoms with Crippen molar-refractivity contribution in [1.29, 1.82) is 0 Å². The molecule has 4 nitrogen and oxygen atoms in total. The quantitative estimate of drug-likeness (QED) is 0.692. The van der Waals surface area contributed by atoms with Crippen molar-refractivity contribution < 1.29 is 14.6 Å². The van der Waals surface area contributed by atoms with Crippen molar-refractivity contribution in [2.75, 3.05) is 7.11 Å². The molecule has 0 aromatic heterocycles. The van der Waals surface area contributed by atoms with Gasteiger partial charge in [-0.15, -0.1) is 0 Å². The van der Waals surface area contributed by atoms with Crippen molar-refractivity contribution in [3.05, 3.63) is 23.8 Å². The van der Waals surface area contributed by atoms with Gasteiger partial charge in [-0.2, -0.15) is 0 Å². The minimum atomic E-state index is -0.147. The fraction of sp³-hybridized carbons (Fsp3) is 0.364. The van der Waals surface area contributed by atoms with Gasteiger partial charge in [0, 0.05) is 11.6 Å². The van der Waals surface area contributed by atoms with Gasteiger partial charge in [0.1, 0.15) is 5.75 Å². The Morgan fingerprint density at radius 2 is 2.19 bits per heavy atom. The molecule has 0 radical (unpaired) electrons. The normalized spacial score (nSPS) is 10.1. The van der Waals surface area contributed by atoms with E-state index in [1.807, 2.05) is 13.8 Å². The van der Waals surface area contributed by atoms with Crippen LogP contribution in [-0.4, -0.2) is 31.6 Å². The van der Waals surface area contributed by atoms with Gasteiger partial charge in [-0.1, -0.05) is 0 Å². The highest BCUT2D eigenvalue weighted by molar-refractivity contribution is 6.47. The van der Waals surface area contributed by atoms with Gasteiger partial charge in [0.15, 0.2) is 0 Å². The molecule has 0 spiro atoms. The van der Waals surface area contributed by atoms with Gasteiger partial charge >= 0.3 is 7.48 Å². The average molecular weight is 221 g/mol. The second-order valence-corrected chi connectivity index (χ2v) is 3.81. The summed E-state index contributed by atoms with van der Waals surface area (Å²) in [4.78, 5) is 11.7. The van der Waals surface area contributed by atoms with E-state index in [2.05, 4.69) is 5.32 Å².